The van der Waals surface area contributed by atoms with Crippen LogP contribution in [-0.2, 0) is 13.0 Å². The van der Waals surface area contributed by atoms with Crippen LogP contribution in [0, 0.1) is 0 Å². The van der Waals surface area contributed by atoms with E-state index in [9.17, 15) is 0 Å². The van der Waals surface area contributed by atoms with Crippen LogP contribution in [0.2, 0.25) is 0 Å². The maximum atomic E-state index is 4.33. The Morgan fingerprint density at radius 3 is 2.86 bits per heavy atom. The molecule has 0 aliphatic heterocycles. The summed E-state index contributed by atoms with van der Waals surface area (Å²) >= 11 is 0. The zero-order valence-corrected chi connectivity index (χ0v) is 8.83. The van der Waals surface area contributed by atoms with Crippen molar-refractivity contribution in [3.8, 4) is 0 Å². The SMILES string of the molecule is CCCc1ccc2c(cnn2CC)c1. The van der Waals surface area contributed by atoms with Crippen molar-refractivity contribution in [2.45, 2.75) is 33.2 Å². The number of rotatable bonds is 3. The second-order valence-electron chi connectivity index (χ2n) is 3.60. The molecule has 74 valence electrons. The van der Waals surface area contributed by atoms with Crippen LogP contribution in [0.25, 0.3) is 10.9 Å². The number of fused-ring (bicyclic) bond motifs is 1. The van der Waals surface area contributed by atoms with Gasteiger partial charge in [-0.05, 0) is 31.0 Å². The molecule has 0 fully saturated rings. The summed E-state index contributed by atoms with van der Waals surface area (Å²) in [6.45, 7) is 5.27. The van der Waals surface area contributed by atoms with E-state index in [1.54, 1.807) is 0 Å². The van der Waals surface area contributed by atoms with Gasteiger partial charge in [-0.3, -0.25) is 4.68 Å². The van der Waals surface area contributed by atoms with E-state index in [0.29, 0.717) is 0 Å². The third-order valence-corrected chi connectivity index (χ3v) is 2.54. The first-order chi connectivity index (χ1) is 6.85. The Hall–Kier alpha value is -1.31. The highest BCUT2D eigenvalue weighted by Crippen LogP contribution is 2.16. The number of hydrogen-bond donors (Lipinski definition) is 0. The molecule has 0 unspecified atom stereocenters. The highest BCUT2D eigenvalue weighted by molar-refractivity contribution is 5.79. The van der Waals surface area contributed by atoms with Crippen molar-refractivity contribution in [1.29, 1.82) is 0 Å². The van der Waals surface area contributed by atoms with Gasteiger partial charge < -0.3 is 0 Å². The summed E-state index contributed by atoms with van der Waals surface area (Å²) in [5, 5.41) is 5.59. The predicted octanol–water partition coefficient (Wildman–Crippen LogP) is 3.01. The van der Waals surface area contributed by atoms with E-state index in [4.69, 9.17) is 0 Å². The Labute approximate surface area is 84.5 Å². The third kappa shape index (κ3) is 1.52. The van der Waals surface area contributed by atoms with Crippen LogP contribution in [0.15, 0.2) is 24.4 Å². The molecule has 0 bridgehead atoms. The van der Waals surface area contributed by atoms with Crippen molar-refractivity contribution in [1.82, 2.24) is 9.78 Å². The lowest BCUT2D eigenvalue weighted by molar-refractivity contribution is 0.684. The molecule has 0 N–H and O–H groups in total. The van der Waals surface area contributed by atoms with Crippen LogP contribution in [0.3, 0.4) is 0 Å². The molecule has 0 aliphatic carbocycles. The molecule has 1 aromatic heterocycles. The number of hydrogen-bond acceptors (Lipinski definition) is 1. The van der Waals surface area contributed by atoms with Crippen LogP contribution >= 0.6 is 0 Å². The van der Waals surface area contributed by atoms with Crippen LogP contribution in [0.1, 0.15) is 25.8 Å². The fraction of sp³-hybridized carbons (Fsp3) is 0.417. The largest absolute Gasteiger partial charge is 0.265 e. The number of nitrogens with zero attached hydrogens (tertiary/aromatic N) is 2. The minimum absolute atomic E-state index is 0.941. The summed E-state index contributed by atoms with van der Waals surface area (Å²) in [5.41, 5.74) is 2.66. The zero-order chi connectivity index (χ0) is 9.97. The van der Waals surface area contributed by atoms with Crippen molar-refractivity contribution in [2.24, 2.45) is 0 Å². The molecule has 0 atom stereocenters. The zero-order valence-electron chi connectivity index (χ0n) is 8.83. The Bertz CT molecular complexity index is 429. The monoisotopic (exact) mass is 188 g/mol. The fourth-order valence-electron chi connectivity index (χ4n) is 1.83. The van der Waals surface area contributed by atoms with E-state index in [1.807, 2.05) is 10.9 Å². The summed E-state index contributed by atoms with van der Waals surface area (Å²) in [6.07, 6.45) is 4.32. The Morgan fingerprint density at radius 1 is 1.29 bits per heavy atom. The Balaban J connectivity index is 2.46. The highest BCUT2D eigenvalue weighted by atomic mass is 15.3. The van der Waals surface area contributed by atoms with Crippen molar-refractivity contribution in [3.05, 3.63) is 30.0 Å². The van der Waals surface area contributed by atoms with E-state index in [-0.39, 0.29) is 0 Å². The topological polar surface area (TPSA) is 17.8 Å². The molecule has 0 saturated heterocycles. The normalized spacial score (nSPS) is 11.0. The van der Waals surface area contributed by atoms with E-state index in [2.05, 4.69) is 37.1 Å². The summed E-state index contributed by atoms with van der Waals surface area (Å²) < 4.78 is 2.03. The molecule has 2 rings (SSSR count). The first-order valence-corrected chi connectivity index (χ1v) is 5.29. The van der Waals surface area contributed by atoms with Gasteiger partial charge in [0.05, 0.1) is 11.7 Å². The molecule has 0 amide bonds. The van der Waals surface area contributed by atoms with Crippen LogP contribution in [0.4, 0.5) is 0 Å². The van der Waals surface area contributed by atoms with E-state index >= 15 is 0 Å². The number of aryl methyl sites for hydroxylation is 2. The van der Waals surface area contributed by atoms with E-state index < -0.39 is 0 Å². The minimum atomic E-state index is 0.941. The van der Waals surface area contributed by atoms with Gasteiger partial charge >= 0.3 is 0 Å². The molecule has 0 radical (unpaired) electrons. The second-order valence-corrected chi connectivity index (χ2v) is 3.60. The molecule has 2 heteroatoms. The summed E-state index contributed by atoms with van der Waals surface area (Å²) in [6, 6.07) is 6.63. The molecule has 0 spiro atoms. The van der Waals surface area contributed by atoms with Crippen LogP contribution in [0.5, 0.6) is 0 Å². The van der Waals surface area contributed by atoms with Gasteiger partial charge in [0.1, 0.15) is 0 Å². The molecule has 0 saturated carbocycles. The Morgan fingerprint density at radius 2 is 2.14 bits per heavy atom. The first kappa shape index (κ1) is 9.25. The second kappa shape index (κ2) is 3.82. The maximum Gasteiger partial charge on any atom is 0.0682 e. The number of benzene rings is 1. The molecule has 1 heterocycles. The lowest BCUT2D eigenvalue weighted by atomic mass is 10.1. The smallest absolute Gasteiger partial charge is 0.0682 e. The predicted molar refractivity (Wildman–Crippen MR) is 59.4 cm³/mol. The molecule has 1 aromatic carbocycles. The standard InChI is InChI=1S/C12H16N2/c1-3-5-10-6-7-12-11(8-10)9-13-14(12)4-2/h6-9H,3-5H2,1-2H3. The Kier molecular flexibility index (Phi) is 2.53. The van der Waals surface area contributed by atoms with Gasteiger partial charge in [-0.2, -0.15) is 5.10 Å². The average Bonchev–Trinajstić information content (AvgIpc) is 2.60. The third-order valence-electron chi connectivity index (χ3n) is 2.54. The van der Waals surface area contributed by atoms with Gasteiger partial charge in [-0.25, -0.2) is 0 Å². The molecule has 2 nitrogen and oxygen atoms in total. The molecule has 2 aromatic rings. The van der Waals surface area contributed by atoms with Gasteiger partial charge in [-0.15, -0.1) is 0 Å². The molecule has 0 aliphatic rings. The maximum absolute atomic E-state index is 4.33. The van der Waals surface area contributed by atoms with E-state index in [0.717, 1.165) is 13.0 Å². The lowest BCUT2D eigenvalue weighted by Crippen LogP contribution is -1.95. The minimum Gasteiger partial charge on any atom is -0.265 e. The molecular weight excluding hydrogens is 172 g/mol. The van der Waals surface area contributed by atoms with E-state index in [1.165, 1.54) is 22.9 Å². The summed E-state index contributed by atoms with van der Waals surface area (Å²) in [5.74, 6) is 0. The summed E-state index contributed by atoms with van der Waals surface area (Å²) in [7, 11) is 0. The van der Waals surface area contributed by atoms with Crippen molar-refractivity contribution in [3.63, 3.8) is 0 Å². The van der Waals surface area contributed by atoms with Gasteiger partial charge in [0.25, 0.3) is 0 Å². The van der Waals surface area contributed by atoms with Crippen molar-refractivity contribution >= 4 is 10.9 Å². The molecular formula is C12H16N2. The van der Waals surface area contributed by atoms with Crippen LogP contribution < -0.4 is 0 Å². The fourth-order valence-corrected chi connectivity index (χ4v) is 1.83. The van der Waals surface area contributed by atoms with Gasteiger partial charge in [0.2, 0.25) is 0 Å². The van der Waals surface area contributed by atoms with Gasteiger partial charge in [-0.1, -0.05) is 19.4 Å². The quantitative estimate of drug-likeness (QED) is 0.724. The molecule has 14 heavy (non-hydrogen) atoms. The summed E-state index contributed by atoms with van der Waals surface area (Å²) in [4.78, 5) is 0. The van der Waals surface area contributed by atoms with Crippen molar-refractivity contribution in [2.75, 3.05) is 0 Å². The number of aromatic nitrogens is 2. The van der Waals surface area contributed by atoms with Crippen LogP contribution in [-0.4, -0.2) is 9.78 Å². The highest BCUT2D eigenvalue weighted by Gasteiger charge is 2.01. The van der Waals surface area contributed by atoms with Gasteiger partial charge in [0.15, 0.2) is 0 Å². The first-order valence-electron chi connectivity index (χ1n) is 5.29. The van der Waals surface area contributed by atoms with Gasteiger partial charge in [0, 0.05) is 11.9 Å². The lowest BCUT2D eigenvalue weighted by Gasteiger charge is -2.00. The van der Waals surface area contributed by atoms with Crippen molar-refractivity contribution < 1.29 is 0 Å². The average molecular weight is 188 g/mol.